The monoisotopic (exact) mass is 407 g/mol. The number of piperidine rings is 1. The quantitative estimate of drug-likeness (QED) is 0.695. The van der Waals surface area contributed by atoms with E-state index in [1.165, 1.54) is 12.0 Å². The molecule has 7 nitrogen and oxygen atoms in total. The minimum atomic E-state index is -0.255. The van der Waals surface area contributed by atoms with Crippen molar-refractivity contribution in [3.8, 4) is 0 Å². The molecular formula is C23H29N5O2. The Morgan fingerprint density at radius 3 is 2.27 bits per heavy atom. The maximum absolute atomic E-state index is 12.7. The lowest BCUT2D eigenvalue weighted by Gasteiger charge is -2.30. The standard InChI is InChI=1S/C23H29N5O2/c1-16-7-9-17(10-8-16)15-24-22(29)25-18-13-20-21(27(3)23(30)26(20)2)14-19(18)28-11-5-4-6-12-28/h7-10,13-14H,4-6,11-12,15H2,1-3H3,(H2,24,25,29). The van der Waals surface area contributed by atoms with Crippen molar-refractivity contribution in [2.75, 3.05) is 23.3 Å². The van der Waals surface area contributed by atoms with Gasteiger partial charge in [-0.3, -0.25) is 9.13 Å². The van der Waals surface area contributed by atoms with Crippen LogP contribution in [0.25, 0.3) is 11.0 Å². The molecule has 2 N–H and O–H groups in total. The van der Waals surface area contributed by atoms with Crippen LogP contribution < -0.4 is 21.2 Å². The van der Waals surface area contributed by atoms with Crippen molar-refractivity contribution in [1.82, 2.24) is 14.5 Å². The number of aryl methyl sites for hydroxylation is 3. The van der Waals surface area contributed by atoms with Gasteiger partial charge in [0, 0.05) is 33.7 Å². The molecule has 0 radical (unpaired) electrons. The molecule has 1 fully saturated rings. The number of rotatable bonds is 4. The fourth-order valence-corrected chi connectivity index (χ4v) is 4.09. The fourth-order valence-electron chi connectivity index (χ4n) is 4.09. The van der Waals surface area contributed by atoms with Crippen molar-refractivity contribution in [2.45, 2.75) is 32.7 Å². The summed E-state index contributed by atoms with van der Waals surface area (Å²) in [6.07, 6.45) is 3.48. The third kappa shape index (κ3) is 3.92. The van der Waals surface area contributed by atoms with E-state index in [0.29, 0.717) is 6.54 Å². The first kappa shape index (κ1) is 20.1. The van der Waals surface area contributed by atoms with E-state index in [-0.39, 0.29) is 11.7 Å². The predicted molar refractivity (Wildman–Crippen MR) is 121 cm³/mol. The van der Waals surface area contributed by atoms with Crippen molar-refractivity contribution in [2.24, 2.45) is 14.1 Å². The largest absolute Gasteiger partial charge is 0.370 e. The van der Waals surface area contributed by atoms with E-state index in [4.69, 9.17) is 0 Å². The number of benzene rings is 2. The number of urea groups is 1. The number of nitrogens with one attached hydrogen (secondary N) is 2. The van der Waals surface area contributed by atoms with Gasteiger partial charge in [0.2, 0.25) is 0 Å². The molecule has 1 aliphatic heterocycles. The van der Waals surface area contributed by atoms with E-state index in [1.54, 1.807) is 23.2 Å². The Bertz CT molecular complexity index is 1120. The van der Waals surface area contributed by atoms with Crippen LogP contribution in [0.5, 0.6) is 0 Å². The zero-order chi connectivity index (χ0) is 21.3. The van der Waals surface area contributed by atoms with E-state index in [0.717, 1.165) is 53.9 Å². The van der Waals surface area contributed by atoms with Crippen LogP contribution in [0.2, 0.25) is 0 Å². The summed E-state index contributed by atoms with van der Waals surface area (Å²) in [7, 11) is 3.54. The van der Waals surface area contributed by atoms with Crippen molar-refractivity contribution >= 4 is 28.4 Å². The third-order valence-corrected chi connectivity index (χ3v) is 5.91. The molecule has 0 aliphatic carbocycles. The molecule has 7 heteroatoms. The average Bonchev–Trinajstić information content (AvgIpc) is 2.97. The summed E-state index contributed by atoms with van der Waals surface area (Å²) in [5.74, 6) is 0. The average molecular weight is 408 g/mol. The molecule has 1 saturated heterocycles. The highest BCUT2D eigenvalue weighted by molar-refractivity contribution is 5.98. The highest BCUT2D eigenvalue weighted by atomic mass is 16.2. The van der Waals surface area contributed by atoms with Crippen LogP contribution in [0, 0.1) is 6.92 Å². The molecule has 0 bridgehead atoms. The van der Waals surface area contributed by atoms with Crippen LogP contribution in [0.4, 0.5) is 16.2 Å². The summed E-state index contributed by atoms with van der Waals surface area (Å²) in [5.41, 5.74) is 5.53. The van der Waals surface area contributed by atoms with Gasteiger partial charge in [-0.15, -0.1) is 0 Å². The summed E-state index contributed by atoms with van der Waals surface area (Å²) >= 11 is 0. The van der Waals surface area contributed by atoms with Crippen molar-refractivity contribution in [3.05, 3.63) is 58.0 Å². The molecule has 1 aromatic heterocycles. The summed E-state index contributed by atoms with van der Waals surface area (Å²) in [6.45, 7) is 4.40. The number of carbonyl (C=O) groups excluding carboxylic acids is 1. The van der Waals surface area contributed by atoms with Crippen LogP contribution in [0.15, 0.2) is 41.2 Å². The zero-order valence-electron chi connectivity index (χ0n) is 17.9. The highest BCUT2D eigenvalue weighted by Gasteiger charge is 2.19. The smallest absolute Gasteiger partial charge is 0.328 e. The molecule has 2 amide bonds. The van der Waals surface area contributed by atoms with E-state index in [2.05, 4.69) is 15.5 Å². The second-order valence-corrected chi connectivity index (χ2v) is 8.10. The number of fused-ring (bicyclic) bond motifs is 1. The second kappa shape index (κ2) is 8.26. The topological polar surface area (TPSA) is 71.3 Å². The molecule has 0 saturated carbocycles. The SMILES string of the molecule is Cc1ccc(CNC(=O)Nc2cc3c(cc2N2CCCCC2)n(C)c(=O)n3C)cc1. The Labute approximate surface area is 176 Å². The molecule has 2 aromatic carbocycles. The van der Waals surface area contributed by atoms with E-state index in [1.807, 2.05) is 43.3 Å². The normalized spacial score (nSPS) is 14.2. The lowest BCUT2D eigenvalue weighted by molar-refractivity contribution is 0.251. The van der Waals surface area contributed by atoms with Gasteiger partial charge in [0.05, 0.1) is 22.4 Å². The minimum Gasteiger partial charge on any atom is -0.370 e. The number of anilines is 2. The Kier molecular flexibility index (Phi) is 5.53. The Balaban J connectivity index is 1.62. The highest BCUT2D eigenvalue weighted by Crippen LogP contribution is 2.32. The third-order valence-electron chi connectivity index (χ3n) is 5.91. The maximum atomic E-state index is 12.7. The number of amides is 2. The molecule has 0 spiro atoms. The number of imidazole rings is 1. The summed E-state index contributed by atoms with van der Waals surface area (Å²) in [6, 6.07) is 11.8. The first-order chi connectivity index (χ1) is 14.4. The molecule has 0 unspecified atom stereocenters. The van der Waals surface area contributed by atoms with Gasteiger partial charge in [-0.1, -0.05) is 29.8 Å². The second-order valence-electron chi connectivity index (χ2n) is 8.10. The molecule has 2 heterocycles. The molecule has 4 rings (SSSR count). The van der Waals surface area contributed by atoms with E-state index < -0.39 is 0 Å². The van der Waals surface area contributed by atoms with Crippen LogP contribution in [-0.4, -0.2) is 28.3 Å². The van der Waals surface area contributed by atoms with Crippen LogP contribution in [0.1, 0.15) is 30.4 Å². The minimum absolute atomic E-state index is 0.0735. The van der Waals surface area contributed by atoms with Gasteiger partial charge in [0.15, 0.2) is 0 Å². The predicted octanol–water partition coefficient (Wildman–Crippen LogP) is 3.50. The summed E-state index contributed by atoms with van der Waals surface area (Å²) in [5, 5.41) is 5.96. The van der Waals surface area contributed by atoms with Crippen molar-refractivity contribution < 1.29 is 4.79 Å². The number of nitrogens with zero attached hydrogens (tertiary/aromatic N) is 3. The lowest BCUT2D eigenvalue weighted by Crippen LogP contribution is -2.32. The Morgan fingerprint density at radius 1 is 0.967 bits per heavy atom. The Hall–Kier alpha value is -3.22. The van der Waals surface area contributed by atoms with Crippen LogP contribution in [-0.2, 0) is 20.6 Å². The van der Waals surface area contributed by atoms with Crippen LogP contribution in [0.3, 0.4) is 0 Å². The van der Waals surface area contributed by atoms with Gasteiger partial charge >= 0.3 is 11.7 Å². The Morgan fingerprint density at radius 2 is 1.60 bits per heavy atom. The van der Waals surface area contributed by atoms with Crippen molar-refractivity contribution in [3.63, 3.8) is 0 Å². The number of aromatic nitrogens is 2. The first-order valence-corrected chi connectivity index (χ1v) is 10.5. The summed E-state index contributed by atoms with van der Waals surface area (Å²) in [4.78, 5) is 27.4. The van der Waals surface area contributed by atoms with Crippen LogP contribution >= 0.6 is 0 Å². The number of carbonyl (C=O) groups is 1. The molecule has 0 atom stereocenters. The van der Waals surface area contributed by atoms with Gasteiger partial charge in [-0.05, 0) is 43.9 Å². The number of hydrogen-bond acceptors (Lipinski definition) is 3. The molecule has 3 aromatic rings. The van der Waals surface area contributed by atoms with Gasteiger partial charge in [-0.2, -0.15) is 0 Å². The van der Waals surface area contributed by atoms with Gasteiger partial charge in [0.1, 0.15) is 0 Å². The van der Waals surface area contributed by atoms with Gasteiger partial charge in [-0.25, -0.2) is 9.59 Å². The van der Waals surface area contributed by atoms with E-state index >= 15 is 0 Å². The summed E-state index contributed by atoms with van der Waals surface area (Å²) < 4.78 is 3.27. The van der Waals surface area contributed by atoms with Gasteiger partial charge < -0.3 is 15.5 Å². The first-order valence-electron chi connectivity index (χ1n) is 10.5. The fraction of sp³-hybridized carbons (Fsp3) is 0.391. The molecule has 1 aliphatic rings. The number of hydrogen-bond donors (Lipinski definition) is 2. The van der Waals surface area contributed by atoms with Crippen molar-refractivity contribution in [1.29, 1.82) is 0 Å². The maximum Gasteiger partial charge on any atom is 0.328 e. The van der Waals surface area contributed by atoms with E-state index in [9.17, 15) is 9.59 Å². The molecule has 158 valence electrons. The zero-order valence-corrected chi connectivity index (χ0v) is 17.9. The molecular weight excluding hydrogens is 378 g/mol. The van der Waals surface area contributed by atoms with Gasteiger partial charge in [0.25, 0.3) is 0 Å². The lowest BCUT2D eigenvalue weighted by atomic mass is 10.1. The molecule has 30 heavy (non-hydrogen) atoms.